The number of benzene rings is 2. The molecule has 100 valence electrons. The van der Waals surface area contributed by atoms with Gasteiger partial charge in [0, 0.05) is 11.1 Å². The van der Waals surface area contributed by atoms with Crippen molar-refractivity contribution in [3.8, 4) is 0 Å². The fourth-order valence-corrected chi connectivity index (χ4v) is 2.43. The zero-order chi connectivity index (χ0) is 14.2. The Hall–Kier alpha value is -2.22. The number of aryl methyl sites for hydroxylation is 2. The monoisotopic (exact) mass is 262 g/mol. The van der Waals surface area contributed by atoms with Crippen LogP contribution in [0.2, 0.25) is 0 Å². The Morgan fingerprint density at radius 3 is 2.35 bits per heavy atom. The van der Waals surface area contributed by atoms with E-state index in [0.717, 1.165) is 16.8 Å². The molecular formula is C18H18N2. The van der Waals surface area contributed by atoms with Crippen LogP contribution >= 0.6 is 0 Å². The Balaban J connectivity index is 1.98. The number of nitrogens with zero attached hydrogens (tertiary/aromatic N) is 2. The quantitative estimate of drug-likeness (QED) is 0.780. The molecule has 0 saturated carbocycles. The van der Waals surface area contributed by atoms with Crippen molar-refractivity contribution in [1.82, 2.24) is 0 Å². The summed E-state index contributed by atoms with van der Waals surface area (Å²) in [6.07, 6.45) is 1.88. The van der Waals surface area contributed by atoms with Crippen molar-refractivity contribution in [2.24, 2.45) is 9.98 Å². The maximum atomic E-state index is 4.83. The molecule has 2 aromatic rings. The minimum atomic E-state index is -0.493. The molecular weight excluding hydrogens is 244 g/mol. The topological polar surface area (TPSA) is 24.7 Å². The summed E-state index contributed by atoms with van der Waals surface area (Å²) in [7, 11) is 0. The Morgan fingerprint density at radius 2 is 1.65 bits per heavy atom. The molecule has 3 rings (SSSR count). The summed E-state index contributed by atoms with van der Waals surface area (Å²) < 4.78 is 0. The summed E-state index contributed by atoms with van der Waals surface area (Å²) in [5.41, 5.74) is 5.21. The van der Waals surface area contributed by atoms with E-state index >= 15 is 0 Å². The van der Waals surface area contributed by atoms with E-state index < -0.39 is 5.66 Å². The molecule has 2 nitrogen and oxygen atoms in total. The zero-order valence-corrected chi connectivity index (χ0v) is 12.1. The maximum absolute atomic E-state index is 4.83. The Kier molecular flexibility index (Phi) is 3.01. The van der Waals surface area contributed by atoms with Gasteiger partial charge < -0.3 is 0 Å². The summed E-state index contributed by atoms with van der Waals surface area (Å²) in [4.78, 5) is 9.45. The first-order valence-electron chi connectivity index (χ1n) is 6.86. The molecule has 1 aliphatic rings. The average Bonchev–Trinajstić information content (AvgIpc) is 2.83. The van der Waals surface area contributed by atoms with Gasteiger partial charge in [-0.1, -0.05) is 53.6 Å². The second-order valence-corrected chi connectivity index (χ2v) is 5.51. The van der Waals surface area contributed by atoms with Crippen molar-refractivity contribution in [2.75, 3.05) is 0 Å². The SMILES string of the molecule is Cc1ccc(C2(C)N=CC(c3cccc(C)c3)=N2)cc1. The fraction of sp³-hybridized carbons (Fsp3) is 0.222. The highest BCUT2D eigenvalue weighted by Gasteiger charge is 2.28. The van der Waals surface area contributed by atoms with Gasteiger partial charge in [-0.15, -0.1) is 0 Å². The largest absolute Gasteiger partial charge is 0.257 e. The van der Waals surface area contributed by atoms with E-state index in [-0.39, 0.29) is 0 Å². The predicted octanol–water partition coefficient (Wildman–Crippen LogP) is 4.05. The Morgan fingerprint density at radius 1 is 0.900 bits per heavy atom. The predicted molar refractivity (Wildman–Crippen MR) is 84.7 cm³/mol. The molecule has 2 heteroatoms. The molecule has 0 spiro atoms. The molecule has 1 heterocycles. The van der Waals surface area contributed by atoms with Gasteiger partial charge in [-0.3, -0.25) is 4.99 Å². The van der Waals surface area contributed by atoms with Gasteiger partial charge in [-0.2, -0.15) is 0 Å². The highest BCUT2D eigenvalue weighted by atomic mass is 15.1. The van der Waals surface area contributed by atoms with Crippen molar-refractivity contribution >= 4 is 11.9 Å². The van der Waals surface area contributed by atoms with Crippen molar-refractivity contribution in [3.05, 3.63) is 70.8 Å². The van der Waals surface area contributed by atoms with Gasteiger partial charge in [-0.25, -0.2) is 4.99 Å². The van der Waals surface area contributed by atoms with Gasteiger partial charge in [0.05, 0.1) is 11.9 Å². The summed E-state index contributed by atoms with van der Waals surface area (Å²) in [5.74, 6) is 0. The summed E-state index contributed by atoms with van der Waals surface area (Å²) in [5, 5.41) is 0. The van der Waals surface area contributed by atoms with Crippen molar-refractivity contribution < 1.29 is 0 Å². The lowest BCUT2D eigenvalue weighted by atomic mass is 10.0. The van der Waals surface area contributed by atoms with Crippen LogP contribution in [-0.2, 0) is 5.66 Å². The smallest absolute Gasteiger partial charge is 0.173 e. The number of hydrogen-bond donors (Lipinski definition) is 0. The molecule has 0 fully saturated rings. The number of aliphatic imine (C=N–C) groups is 2. The third-order valence-electron chi connectivity index (χ3n) is 3.69. The van der Waals surface area contributed by atoms with E-state index in [0.29, 0.717) is 0 Å². The lowest BCUT2D eigenvalue weighted by Crippen LogP contribution is -2.13. The number of rotatable bonds is 2. The molecule has 1 unspecified atom stereocenters. The van der Waals surface area contributed by atoms with Crippen LogP contribution in [0.15, 0.2) is 58.5 Å². The van der Waals surface area contributed by atoms with Crippen molar-refractivity contribution in [2.45, 2.75) is 26.4 Å². The molecule has 0 bridgehead atoms. The molecule has 0 amide bonds. The molecule has 0 aliphatic carbocycles. The molecule has 0 aromatic heterocycles. The van der Waals surface area contributed by atoms with Crippen molar-refractivity contribution in [3.63, 3.8) is 0 Å². The third kappa shape index (κ3) is 2.29. The van der Waals surface area contributed by atoms with Gasteiger partial charge in [0.2, 0.25) is 0 Å². The van der Waals surface area contributed by atoms with Crippen LogP contribution in [0.1, 0.15) is 29.2 Å². The maximum Gasteiger partial charge on any atom is 0.173 e. The normalized spacial score (nSPS) is 21.1. The summed E-state index contributed by atoms with van der Waals surface area (Å²) in [6.45, 7) is 6.23. The van der Waals surface area contributed by atoms with Gasteiger partial charge in [0.1, 0.15) is 0 Å². The van der Waals surface area contributed by atoms with E-state index in [1.807, 2.05) is 6.21 Å². The Labute approximate surface area is 119 Å². The molecule has 0 radical (unpaired) electrons. The lowest BCUT2D eigenvalue weighted by molar-refractivity contribution is 0.542. The van der Waals surface area contributed by atoms with Gasteiger partial charge in [-0.05, 0) is 26.8 Å². The molecule has 0 N–H and O–H groups in total. The van der Waals surface area contributed by atoms with E-state index in [1.54, 1.807) is 0 Å². The van der Waals surface area contributed by atoms with Gasteiger partial charge in [0.25, 0.3) is 0 Å². The van der Waals surface area contributed by atoms with Gasteiger partial charge in [0.15, 0.2) is 5.66 Å². The van der Waals surface area contributed by atoms with E-state index in [1.165, 1.54) is 11.1 Å². The second kappa shape index (κ2) is 4.71. The zero-order valence-electron chi connectivity index (χ0n) is 12.1. The standard InChI is InChI=1S/C18H18N2/c1-13-7-9-16(10-8-13)18(3)19-12-17(20-18)15-6-4-5-14(2)11-15/h4-12H,1-3H3. The van der Waals surface area contributed by atoms with Crippen LogP contribution in [0.25, 0.3) is 0 Å². The summed E-state index contributed by atoms with van der Waals surface area (Å²) >= 11 is 0. The summed E-state index contributed by atoms with van der Waals surface area (Å²) in [6, 6.07) is 16.8. The van der Waals surface area contributed by atoms with Crippen LogP contribution in [0.3, 0.4) is 0 Å². The van der Waals surface area contributed by atoms with Crippen LogP contribution < -0.4 is 0 Å². The first kappa shape index (κ1) is 12.8. The minimum absolute atomic E-state index is 0.493. The molecule has 20 heavy (non-hydrogen) atoms. The molecule has 2 aromatic carbocycles. The van der Waals surface area contributed by atoms with E-state index in [2.05, 4.69) is 74.3 Å². The van der Waals surface area contributed by atoms with Crippen LogP contribution in [0, 0.1) is 13.8 Å². The third-order valence-corrected chi connectivity index (χ3v) is 3.69. The fourth-order valence-electron chi connectivity index (χ4n) is 2.43. The van der Waals surface area contributed by atoms with Crippen LogP contribution in [0.4, 0.5) is 0 Å². The molecule has 0 saturated heterocycles. The molecule has 1 atom stereocenters. The Bertz CT molecular complexity index is 696. The van der Waals surface area contributed by atoms with E-state index in [4.69, 9.17) is 4.99 Å². The number of hydrogen-bond acceptors (Lipinski definition) is 2. The van der Waals surface area contributed by atoms with Gasteiger partial charge >= 0.3 is 0 Å². The van der Waals surface area contributed by atoms with Crippen LogP contribution in [0.5, 0.6) is 0 Å². The average molecular weight is 262 g/mol. The van der Waals surface area contributed by atoms with E-state index in [9.17, 15) is 0 Å². The molecule has 1 aliphatic heterocycles. The highest BCUT2D eigenvalue weighted by molar-refractivity contribution is 6.39. The first-order chi connectivity index (χ1) is 9.57. The second-order valence-electron chi connectivity index (χ2n) is 5.51. The minimum Gasteiger partial charge on any atom is -0.257 e. The van der Waals surface area contributed by atoms with Crippen molar-refractivity contribution in [1.29, 1.82) is 0 Å². The first-order valence-corrected chi connectivity index (χ1v) is 6.86. The lowest BCUT2D eigenvalue weighted by Gasteiger charge is -2.18. The van der Waals surface area contributed by atoms with Crippen LogP contribution in [-0.4, -0.2) is 11.9 Å². The highest BCUT2D eigenvalue weighted by Crippen LogP contribution is 2.31.